The number of carbonyl (C=O) groups excluding carboxylic acids is 2. The van der Waals surface area contributed by atoms with Crippen molar-refractivity contribution in [2.75, 3.05) is 18.0 Å². The van der Waals surface area contributed by atoms with Gasteiger partial charge < -0.3 is 14.8 Å². The minimum Gasteiger partial charge on any atom is -0.345 e. The topological polar surface area (TPSA) is 69.3 Å². The molecule has 2 fully saturated rings. The van der Waals surface area contributed by atoms with E-state index in [2.05, 4.69) is 9.97 Å². The molecule has 1 N–H and O–H groups in total. The van der Waals surface area contributed by atoms with Gasteiger partial charge in [-0.05, 0) is 60.9 Å². The lowest BCUT2D eigenvalue weighted by molar-refractivity contribution is -0.144. The summed E-state index contributed by atoms with van der Waals surface area (Å²) in [5.74, 6) is 0.116. The Hall–Kier alpha value is -3.64. The van der Waals surface area contributed by atoms with Crippen molar-refractivity contribution in [2.24, 2.45) is 5.41 Å². The monoisotopic (exact) mass is 470 g/mol. The van der Waals surface area contributed by atoms with Crippen LogP contribution in [0.4, 0.5) is 5.69 Å². The SMILES string of the molecule is O=C(c1ccc2nc[nH]c2c1)N1CCC2(CC1)C(=O)N(c1ccccc1)C2c1ccc(Cl)cc1. The Kier molecular flexibility index (Phi) is 4.92. The van der Waals surface area contributed by atoms with Gasteiger partial charge >= 0.3 is 0 Å². The van der Waals surface area contributed by atoms with Crippen molar-refractivity contribution in [3.05, 3.63) is 95.3 Å². The molecule has 0 bridgehead atoms. The summed E-state index contributed by atoms with van der Waals surface area (Å²) >= 11 is 6.15. The molecule has 3 heterocycles. The number of rotatable bonds is 3. The van der Waals surface area contributed by atoms with Crippen LogP contribution in [-0.4, -0.2) is 39.8 Å². The lowest BCUT2D eigenvalue weighted by Crippen LogP contribution is -2.67. The van der Waals surface area contributed by atoms with Crippen LogP contribution in [0.3, 0.4) is 0 Å². The number of likely N-dealkylation sites (tertiary alicyclic amines) is 1. The minimum absolute atomic E-state index is 0.0129. The van der Waals surface area contributed by atoms with Crippen LogP contribution >= 0.6 is 11.6 Å². The highest BCUT2D eigenvalue weighted by Gasteiger charge is 2.62. The number of β-lactam (4-membered cyclic amide) rings is 1. The molecule has 0 radical (unpaired) electrons. The summed E-state index contributed by atoms with van der Waals surface area (Å²) in [5.41, 5.74) is 3.75. The van der Waals surface area contributed by atoms with Gasteiger partial charge in [-0.3, -0.25) is 9.59 Å². The van der Waals surface area contributed by atoms with E-state index in [0.717, 1.165) is 22.3 Å². The van der Waals surface area contributed by atoms with E-state index < -0.39 is 5.41 Å². The van der Waals surface area contributed by atoms with E-state index in [0.29, 0.717) is 36.5 Å². The molecular weight excluding hydrogens is 448 g/mol. The first-order valence-electron chi connectivity index (χ1n) is 11.4. The van der Waals surface area contributed by atoms with E-state index in [9.17, 15) is 9.59 Å². The maximum absolute atomic E-state index is 13.6. The number of imidazole rings is 1. The molecular formula is C27H23ClN4O2. The number of hydrogen-bond acceptors (Lipinski definition) is 3. The summed E-state index contributed by atoms with van der Waals surface area (Å²) in [5, 5.41) is 0.671. The average Bonchev–Trinajstić information content (AvgIpc) is 3.36. The highest BCUT2D eigenvalue weighted by Crippen LogP contribution is 2.57. The Morgan fingerprint density at radius 3 is 2.47 bits per heavy atom. The smallest absolute Gasteiger partial charge is 0.253 e. The van der Waals surface area contributed by atoms with Crippen LogP contribution in [0, 0.1) is 5.41 Å². The van der Waals surface area contributed by atoms with E-state index >= 15 is 0 Å². The van der Waals surface area contributed by atoms with E-state index in [4.69, 9.17) is 11.6 Å². The molecule has 1 atom stereocenters. The number of benzene rings is 3. The van der Waals surface area contributed by atoms with Gasteiger partial charge in [0.2, 0.25) is 5.91 Å². The fraction of sp³-hybridized carbons (Fsp3) is 0.222. The van der Waals surface area contributed by atoms with Gasteiger partial charge in [-0.1, -0.05) is 41.9 Å². The first-order valence-corrected chi connectivity index (χ1v) is 11.8. The maximum atomic E-state index is 13.6. The second-order valence-corrected chi connectivity index (χ2v) is 9.48. The van der Waals surface area contributed by atoms with Crippen LogP contribution in [-0.2, 0) is 4.79 Å². The largest absolute Gasteiger partial charge is 0.345 e. The second kappa shape index (κ2) is 7.99. The first kappa shape index (κ1) is 20.9. The second-order valence-electron chi connectivity index (χ2n) is 9.05. The Bertz CT molecular complexity index is 1370. The Balaban J connectivity index is 1.27. The number of aromatic nitrogens is 2. The zero-order valence-corrected chi connectivity index (χ0v) is 19.2. The Morgan fingerprint density at radius 2 is 1.74 bits per heavy atom. The zero-order valence-electron chi connectivity index (χ0n) is 18.4. The number of amides is 2. The lowest BCUT2D eigenvalue weighted by Gasteiger charge is -2.59. The van der Waals surface area contributed by atoms with Crippen molar-refractivity contribution in [3.63, 3.8) is 0 Å². The summed E-state index contributed by atoms with van der Waals surface area (Å²) in [7, 11) is 0. The third-order valence-corrected chi connectivity index (χ3v) is 7.51. The van der Waals surface area contributed by atoms with Crippen molar-refractivity contribution < 1.29 is 9.59 Å². The van der Waals surface area contributed by atoms with Gasteiger partial charge in [0.15, 0.2) is 0 Å². The predicted molar refractivity (Wildman–Crippen MR) is 132 cm³/mol. The molecule has 6 rings (SSSR count). The molecule has 1 aromatic heterocycles. The van der Waals surface area contributed by atoms with Crippen LogP contribution < -0.4 is 4.90 Å². The van der Waals surface area contributed by atoms with Gasteiger partial charge in [-0.15, -0.1) is 0 Å². The zero-order chi connectivity index (χ0) is 23.3. The first-order chi connectivity index (χ1) is 16.6. The molecule has 34 heavy (non-hydrogen) atoms. The standard InChI is InChI=1S/C27H23ClN4O2/c28-20-9-6-18(7-10-20)24-27(26(34)32(24)21-4-2-1-3-5-21)12-14-31(15-13-27)25(33)19-8-11-22-23(16-19)30-17-29-22/h1-11,16-17,24H,12-15H2,(H,29,30). The minimum atomic E-state index is -0.520. The third-order valence-electron chi connectivity index (χ3n) is 7.26. The van der Waals surface area contributed by atoms with Crippen molar-refractivity contribution >= 4 is 40.1 Å². The molecule has 0 saturated carbocycles. The van der Waals surface area contributed by atoms with Crippen LogP contribution in [0.15, 0.2) is 79.1 Å². The number of halogens is 1. The third kappa shape index (κ3) is 3.21. The van der Waals surface area contributed by atoms with Crippen molar-refractivity contribution in [1.82, 2.24) is 14.9 Å². The molecule has 3 aromatic carbocycles. The fourth-order valence-corrected chi connectivity index (χ4v) is 5.60. The maximum Gasteiger partial charge on any atom is 0.253 e. The average molecular weight is 471 g/mol. The van der Waals surface area contributed by atoms with E-state index in [1.165, 1.54) is 0 Å². The van der Waals surface area contributed by atoms with Gasteiger partial charge in [-0.2, -0.15) is 0 Å². The van der Waals surface area contributed by atoms with E-state index in [-0.39, 0.29) is 17.9 Å². The highest BCUT2D eigenvalue weighted by atomic mass is 35.5. The molecule has 2 aliphatic rings. The number of nitrogens with one attached hydrogen (secondary N) is 1. The molecule has 1 unspecified atom stereocenters. The number of carbonyl (C=O) groups is 2. The lowest BCUT2D eigenvalue weighted by atomic mass is 9.62. The van der Waals surface area contributed by atoms with Crippen LogP contribution in [0.2, 0.25) is 5.02 Å². The van der Waals surface area contributed by atoms with E-state index in [1.807, 2.05) is 82.6 Å². The molecule has 4 aromatic rings. The van der Waals surface area contributed by atoms with E-state index in [1.54, 1.807) is 6.33 Å². The molecule has 170 valence electrons. The van der Waals surface area contributed by atoms with Gasteiger partial charge in [-0.25, -0.2) is 4.98 Å². The molecule has 2 amide bonds. The van der Waals surface area contributed by atoms with Gasteiger partial charge in [0, 0.05) is 29.4 Å². The predicted octanol–water partition coefficient (Wildman–Crippen LogP) is 5.23. The molecule has 7 heteroatoms. The van der Waals surface area contributed by atoms with Gasteiger partial charge in [0.05, 0.1) is 28.8 Å². The molecule has 6 nitrogen and oxygen atoms in total. The summed E-state index contributed by atoms with van der Waals surface area (Å²) in [6, 6.07) is 23.0. The quantitative estimate of drug-likeness (QED) is 0.417. The Labute approximate surface area is 202 Å². The number of fused-ring (bicyclic) bond motifs is 1. The summed E-state index contributed by atoms with van der Waals surface area (Å²) in [6.45, 7) is 1.08. The Morgan fingerprint density at radius 1 is 1.00 bits per heavy atom. The van der Waals surface area contributed by atoms with Gasteiger partial charge in [0.25, 0.3) is 5.91 Å². The summed E-state index contributed by atoms with van der Waals surface area (Å²) < 4.78 is 0. The van der Waals surface area contributed by atoms with Crippen molar-refractivity contribution in [1.29, 1.82) is 0 Å². The molecule has 0 aliphatic carbocycles. The summed E-state index contributed by atoms with van der Waals surface area (Å²) in [6.07, 6.45) is 2.88. The summed E-state index contributed by atoms with van der Waals surface area (Å²) in [4.78, 5) is 37.9. The molecule has 1 spiro atoms. The van der Waals surface area contributed by atoms with Crippen LogP contribution in [0.5, 0.6) is 0 Å². The van der Waals surface area contributed by atoms with Crippen molar-refractivity contribution in [2.45, 2.75) is 18.9 Å². The van der Waals surface area contributed by atoms with Gasteiger partial charge in [0.1, 0.15) is 0 Å². The number of nitrogens with zero attached hydrogens (tertiary/aromatic N) is 3. The van der Waals surface area contributed by atoms with Crippen molar-refractivity contribution in [3.8, 4) is 0 Å². The molecule has 2 aliphatic heterocycles. The normalized spacial score (nSPS) is 19.4. The number of piperidine rings is 1. The fourth-order valence-electron chi connectivity index (χ4n) is 5.47. The van der Waals surface area contributed by atoms with Crippen LogP contribution in [0.1, 0.15) is 34.8 Å². The number of H-pyrrole nitrogens is 1. The number of aromatic amines is 1. The number of para-hydroxylation sites is 1. The number of hydrogen-bond donors (Lipinski definition) is 1. The highest BCUT2D eigenvalue weighted by molar-refractivity contribution is 6.30. The number of anilines is 1. The molecule has 2 saturated heterocycles. The van der Waals surface area contributed by atoms with Crippen LogP contribution in [0.25, 0.3) is 11.0 Å².